The zero-order valence-corrected chi connectivity index (χ0v) is 15.0. The van der Waals surface area contributed by atoms with Gasteiger partial charge in [-0.1, -0.05) is 41.9 Å². The summed E-state index contributed by atoms with van der Waals surface area (Å²) in [6, 6.07) is 10.2. The Morgan fingerprint density at radius 2 is 2.04 bits per heavy atom. The first-order valence-electron chi connectivity index (χ1n) is 8.07. The van der Waals surface area contributed by atoms with Crippen LogP contribution in [0.15, 0.2) is 42.7 Å². The Kier molecular flexibility index (Phi) is 5.19. The Hall–Kier alpha value is -2.60. The molecular formula is C18H20ClN5O. The molecule has 7 heteroatoms. The molecule has 0 spiro atoms. The molecule has 0 atom stereocenters. The predicted octanol–water partition coefficient (Wildman–Crippen LogP) is 2.60. The van der Waals surface area contributed by atoms with Crippen LogP contribution in [0.3, 0.4) is 0 Å². The van der Waals surface area contributed by atoms with Crippen molar-refractivity contribution in [3.63, 3.8) is 0 Å². The SMILES string of the molecule is Cc1nn(C)c(Cl)c1C(=O)NCCc1nccn1Cc1ccccc1. The first-order valence-corrected chi connectivity index (χ1v) is 8.45. The van der Waals surface area contributed by atoms with Gasteiger partial charge in [-0.15, -0.1) is 0 Å². The van der Waals surface area contributed by atoms with Gasteiger partial charge in [0, 0.05) is 39.0 Å². The molecule has 3 aromatic rings. The molecule has 1 aromatic carbocycles. The van der Waals surface area contributed by atoms with Gasteiger partial charge in [-0.2, -0.15) is 5.10 Å². The van der Waals surface area contributed by atoms with Gasteiger partial charge in [0.15, 0.2) is 0 Å². The number of amides is 1. The van der Waals surface area contributed by atoms with Crippen LogP contribution in [-0.2, 0) is 20.0 Å². The molecule has 0 radical (unpaired) electrons. The molecule has 0 saturated heterocycles. The summed E-state index contributed by atoms with van der Waals surface area (Å²) in [5, 5.41) is 7.40. The maximum atomic E-state index is 12.3. The lowest BCUT2D eigenvalue weighted by Crippen LogP contribution is -2.27. The van der Waals surface area contributed by atoms with Crippen LogP contribution in [0, 0.1) is 6.92 Å². The summed E-state index contributed by atoms with van der Waals surface area (Å²) in [5.74, 6) is 0.718. The van der Waals surface area contributed by atoms with E-state index in [-0.39, 0.29) is 5.91 Å². The average molecular weight is 358 g/mol. The van der Waals surface area contributed by atoms with Crippen LogP contribution in [0.5, 0.6) is 0 Å². The summed E-state index contributed by atoms with van der Waals surface area (Å²) >= 11 is 6.13. The summed E-state index contributed by atoms with van der Waals surface area (Å²) in [7, 11) is 1.71. The molecule has 3 rings (SSSR count). The van der Waals surface area contributed by atoms with Crippen molar-refractivity contribution in [1.29, 1.82) is 0 Å². The summed E-state index contributed by atoms with van der Waals surface area (Å²) in [6.45, 7) is 3.01. The van der Waals surface area contributed by atoms with E-state index >= 15 is 0 Å². The van der Waals surface area contributed by atoms with Gasteiger partial charge >= 0.3 is 0 Å². The Morgan fingerprint density at radius 1 is 1.28 bits per heavy atom. The Bertz CT molecular complexity index is 869. The van der Waals surface area contributed by atoms with Gasteiger partial charge in [-0.3, -0.25) is 9.48 Å². The lowest BCUT2D eigenvalue weighted by molar-refractivity contribution is 0.0953. The lowest BCUT2D eigenvalue weighted by Gasteiger charge is -2.09. The van der Waals surface area contributed by atoms with Crippen LogP contribution in [0.1, 0.15) is 27.4 Å². The summed E-state index contributed by atoms with van der Waals surface area (Å²) in [5.41, 5.74) is 2.26. The largest absolute Gasteiger partial charge is 0.351 e. The number of nitrogens with zero attached hydrogens (tertiary/aromatic N) is 4. The zero-order valence-electron chi connectivity index (χ0n) is 14.2. The highest BCUT2D eigenvalue weighted by Gasteiger charge is 2.18. The van der Waals surface area contributed by atoms with E-state index in [0.29, 0.717) is 29.4 Å². The van der Waals surface area contributed by atoms with Crippen LogP contribution in [0.25, 0.3) is 0 Å². The molecule has 6 nitrogen and oxygen atoms in total. The number of aromatic nitrogens is 4. The van der Waals surface area contributed by atoms with Crippen LogP contribution in [0.2, 0.25) is 5.15 Å². The molecule has 2 aromatic heterocycles. The topological polar surface area (TPSA) is 64.7 Å². The summed E-state index contributed by atoms with van der Waals surface area (Å²) in [4.78, 5) is 16.7. The minimum Gasteiger partial charge on any atom is -0.351 e. The van der Waals surface area contributed by atoms with E-state index in [2.05, 4.69) is 32.1 Å². The van der Waals surface area contributed by atoms with Crippen LogP contribution in [-0.4, -0.2) is 31.8 Å². The van der Waals surface area contributed by atoms with Gasteiger partial charge in [-0.25, -0.2) is 4.98 Å². The number of carbonyl (C=O) groups excluding carboxylic acids is 1. The number of aryl methyl sites for hydroxylation is 2. The molecule has 2 heterocycles. The highest BCUT2D eigenvalue weighted by Crippen LogP contribution is 2.18. The van der Waals surface area contributed by atoms with Crippen LogP contribution < -0.4 is 5.32 Å². The standard InChI is InChI=1S/C18H20ClN5O/c1-13-16(17(19)23(2)22-13)18(25)21-9-8-15-20-10-11-24(15)12-14-6-4-3-5-7-14/h3-7,10-11H,8-9,12H2,1-2H3,(H,21,25). The van der Waals surface area contributed by atoms with Crippen molar-refractivity contribution in [3.8, 4) is 0 Å². The van der Waals surface area contributed by atoms with Gasteiger partial charge in [0.1, 0.15) is 11.0 Å². The molecule has 1 amide bonds. The first-order chi connectivity index (χ1) is 12.1. The molecule has 0 fully saturated rings. The van der Waals surface area contributed by atoms with Crippen molar-refractivity contribution in [2.24, 2.45) is 7.05 Å². The number of halogens is 1. The summed E-state index contributed by atoms with van der Waals surface area (Å²) in [6.07, 6.45) is 4.37. The maximum Gasteiger partial charge on any atom is 0.256 e. The third-order valence-corrected chi connectivity index (χ3v) is 4.44. The van der Waals surface area contributed by atoms with Crippen molar-refractivity contribution in [3.05, 3.63) is 70.5 Å². The lowest BCUT2D eigenvalue weighted by atomic mass is 10.2. The van der Waals surface area contributed by atoms with E-state index < -0.39 is 0 Å². The number of hydrogen-bond donors (Lipinski definition) is 1. The Labute approximate surface area is 151 Å². The highest BCUT2D eigenvalue weighted by molar-refractivity contribution is 6.33. The van der Waals surface area contributed by atoms with E-state index in [1.807, 2.05) is 24.4 Å². The van der Waals surface area contributed by atoms with Crippen molar-refractivity contribution in [1.82, 2.24) is 24.6 Å². The number of nitrogens with one attached hydrogen (secondary N) is 1. The summed E-state index contributed by atoms with van der Waals surface area (Å²) < 4.78 is 3.59. The monoisotopic (exact) mass is 357 g/mol. The van der Waals surface area contributed by atoms with Crippen molar-refractivity contribution >= 4 is 17.5 Å². The fourth-order valence-corrected chi connectivity index (χ4v) is 3.02. The van der Waals surface area contributed by atoms with Gasteiger partial charge in [0.2, 0.25) is 0 Å². The molecule has 0 aliphatic rings. The molecule has 0 saturated carbocycles. The van der Waals surface area contributed by atoms with Crippen molar-refractivity contribution < 1.29 is 4.79 Å². The Morgan fingerprint density at radius 3 is 2.72 bits per heavy atom. The second-order valence-electron chi connectivity index (χ2n) is 5.84. The smallest absolute Gasteiger partial charge is 0.256 e. The molecule has 0 aliphatic carbocycles. The number of carbonyl (C=O) groups is 1. The zero-order chi connectivity index (χ0) is 17.8. The normalized spacial score (nSPS) is 10.8. The van der Waals surface area contributed by atoms with Crippen LogP contribution in [0.4, 0.5) is 0 Å². The number of benzene rings is 1. The fraction of sp³-hybridized carbons (Fsp3) is 0.278. The molecular weight excluding hydrogens is 338 g/mol. The Balaban J connectivity index is 1.60. The van der Waals surface area contributed by atoms with Crippen molar-refractivity contribution in [2.45, 2.75) is 19.9 Å². The minimum atomic E-state index is -0.211. The minimum absolute atomic E-state index is 0.211. The highest BCUT2D eigenvalue weighted by atomic mass is 35.5. The predicted molar refractivity (Wildman–Crippen MR) is 96.8 cm³/mol. The van der Waals surface area contributed by atoms with Gasteiger partial charge < -0.3 is 9.88 Å². The van der Waals surface area contributed by atoms with E-state index in [1.54, 1.807) is 20.2 Å². The third kappa shape index (κ3) is 3.91. The van der Waals surface area contributed by atoms with E-state index in [4.69, 9.17) is 11.6 Å². The number of hydrogen-bond acceptors (Lipinski definition) is 3. The first kappa shape index (κ1) is 17.2. The maximum absolute atomic E-state index is 12.3. The second kappa shape index (κ2) is 7.53. The fourth-order valence-electron chi connectivity index (χ4n) is 2.76. The second-order valence-corrected chi connectivity index (χ2v) is 6.20. The van der Waals surface area contributed by atoms with E-state index in [0.717, 1.165) is 12.4 Å². The molecule has 0 unspecified atom stereocenters. The average Bonchev–Trinajstić information content (AvgIpc) is 3.13. The molecule has 130 valence electrons. The number of imidazole rings is 1. The van der Waals surface area contributed by atoms with E-state index in [9.17, 15) is 4.79 Å². The van der Waals surface area contributed by atoms with Gasteiger partial charge in [0.25, 0.3) is 5.91 Å². The number of rotatable bonds is 6. The molecule has 0 bridgehead atoms. The van der Waals surface area contributed by atoms with E-state index in [1.165, 1.54) is 10.2 Å². The molecule has 25 heavy (non-hydrogen) atoms. The molecule has 1 N–H and O–H groups in total. The van der Waals surface area contributed by atoms with Crippen LogP contribution >= 0.6 is 11.6 Å². The van der Waals surface area contributed by atoms with Crippen molar-refractivity contribution in [2.75, 3.05) is 6.54 Å². The quantitative estimate of drug-likeness (QED) is 0.737. The molecule has 0 aliphatic heterocycles. The van der Waals surface area contributed by atoms with Gasteiger partial charge in [-0.05, 0) is 12.5 Å². The third-order valence-electron chi connectivity index (χ3n) is 4.01. The van der Waals surface area contributed by atoms with Gasteiger partial charge in [0.05, 0.1) is 11.3 Å².